The molecule has 1 atom stereocenters. The maximum absolute atomic E-state index is 3.50. The number of nitrogens with one attached hydrogen (secondary N) is 1. The van der Waals surface area contributed by atoms with Crippen molar-refractivity contribution >= 4 is 23.1 Å². The van der Waals surface area contributed by atoms with E-state index in [2.05, 4.69) is 36.0 Å². The first-order valence-corrected chi connectivity index (χ1v) is 7.32. The van der Waals surface area contributed by atoms with E-state index in [0.717, 1.165) is 19.0 Å². The maximum Gasteiger partial charge on any atom is 0.00578 e. The van der Waals surface area contributed by atoms with Gasteiger partial charge in [0.1, 0.15) is 0 Å². The van der Waals surface area contributed by atoms with Crippen LogP contribution in [0.15, 0.2) is 17.5 Å². The van der Waals surface area contributed by atoms with Crippen LogP contribution in [0.2, 0.25) is 0 Å². The summed E-state index contributed by atoms with van der Waals surface area (Å²) < 4.78 is 0. The summed E-state index contributed by atoms with van der Waals surface area (Å²) in [5.74, 6) is 2.04. The van der Waals surface area contributed by atoms with Crippen LogP contribution in [0.25, 0.3) is 0 Å². The molecule has 3 heteroatoms. The van der Waals surface area contributed by atoms with Crippen molar-refractivity contribution in [3.63, 3.8) is 0 Å². The van der Waals surface area contributed by atoms with Crippen LogP contribution in [0.4, 0.5) is 0 Å². The van der Waals surface area contributed by atoms with Gasteiger partial charge in [-0.2, -0.15) is 11.8 Å². The third-order valence-corrected chi connectivity index (χ3v) is 3.91. The van der Waals surface area contributed by atoms with E-state index >= 15 is 0 Å². The third kappa shape index (κ3) is 5.03. The van der Waals surface area contributed by atoms with E-state index in [1.165, 1.54) is 17.1 Å². The Morgan fingerprint density at radius 2 is 2.43 bits per heavy atom. The minimum Gasteiger partial charge on any atom is -0.316 e. The molecule has 0 aliphatic carbocycles. The molecule has 1 aromatic heterocycles. The van der Waals surface area contributed by atoms with Gasteiger partial charge in [0.05, 0.1) is 0 Å². The van der Waals surface area contributed by atoms with Crippen molar-refractivity contribution in [1.82, 2.24) is 5.32 Å². The van der Waals surface area contributed by atoms with Gasteiger partial charge in [0, 0.05) is 4.88 Å². The summed E-state index contributed by atoms with van der Waals surface area (Å²) in [6, 6.07) is 4.33. The van der Waals surface area contributed by atoms with Crippen molar-refractivity contribution < 1.29 is 0 Å². The van der Waals surface area contributed by atoms with Gasteiger partial charge in [0.2, 0.25) is 0 Å². The zero-order valence-corrected chi connectivity index (χ0v) is 10.6. The molecule has 1 aromatic rings. The van der Waals surface area contributed by atoms with Crippen LogP contribution in [0.1, 0.15) is 11.8 Å². The zero-order valence-electron chi connectivity index (χ0n) is 8.95. The fourth-order valence-electron chi connectivity index (χ4n) is 1.36. The SMILES string of the molecule is CSCC(C)CNCCc1cccs1. The molecule has 1 rings (SSSR count). The Hall–Kier alpha value is 0.01000. The maximum atomic E-state index is 3.50. The number of rotatable bonds is 7. The molecular weight excluding hydrogens is 210 g/mol. The first-order valence-electron chi connectivity index (χ1n) is 5.05. The minimum atomic E-state index is 0.785. The molecular formula is C11H19NS2. The second-order valence-corrected chi connectivity index (χ2v) is 5.54. The molecule has 0 aliphatic heterocycles. The second kappa shape index (κ2) is 7.32. The predicted octanol–water partition coefficient (Wildman–Crippen LogP) is 2.88. The molecule has 0 aliphatic rings. The van der Waals surface area contributed by atoms with E-state index in [9.17, 15) is 0 Å². The Morgan fingerprint density at radius 1 is 1.57 bits per heavy atom. The number of thioether (sulfide) groups is 1. The molecule has 0 aromatic carbocycles. The van der Waals surface area contributed by atoms with Gasteiger partial charge in [-0.25, -0.2) is 0 Å². The monoisotopic (exact) mass is 229 g/mol. The van der Waals surface area contributed by atoms with Crippen LogP contribution in [-0.2, 0) is 6.42 Å². The van der Waals surface area contributed by atoms with Crippen LogP contribution >= 0.6 is 23.1 Å². The molecule has 80 valence electrons. The summed E-state index contributed by atoms with van der Waals surface area (Å²) in [6.07, 6.45) is 3.34. The molecule has 0 radical (unpaired) electrons. The molecule has 0 saturated heterocycles. The van der Waals surface area contributed by atoms with Gasteiger partial charge in [0.15, 0.2) is 0 Å². The van der Waals surface area contributed by atoms with E-state index in [4.69, 9.17) is 0 Å². The lowest BCUT2D eigenvalue weighted by Crippen LogP contribution is -2.24. The van der Waals surface area contributed by atoms with Gasteiger partial charge in [0.25, 0.3) is 0 Å². The van der Waals surface area contributed by atoms with Crippen molar-refractivity contribution in [2.45, 2.75) is 13.3 Å². The minimum absolute atomic E-state index is 0.785. The van der Waals surface area contributed by atoms with Crippen molar-refractivity contribution in [3.05, 3.63) is 22.4 Å². The molecule has 1 unspecified atom stereocenters. The lowest BCUT2D eigenvalue weighted by molar-refractivity contribution is 0.562. The van der Waals surface area contributed by atoms with E-state index in [0.29, 0.717) is 0 Å². The van der Waals surface area contributed by atoms with Crippen LogP contribution < -0.4 is 5.32 Å². The van der Waals surface area contributed by atoms with Gasteiger partial charge in [-0.15, -0.1) is 11.3 Å². The normalized spacial score (nSPS) is 13.0. The first kappa shape index (κ1) is 12.1. The molecule has 14 heavy (non-hydrogen) atoms. The average molecular weight is 229 g/mol. The van der Waals surface area contributed by atoms with Crippen LogP contribution in [-0.4, -0.2) is 25.1 Å². The molecule has 0 spiro atoms. The number of thiophene rings is 1. The van der Waals surface area contributed by atoms with Gasteiger partial charge < -0.3 is 5.32 Å². The highest BCUT2D eigenvalue weighted by atomic mass is 32.2. The van der Waals surface area contributed by atoms with E-state index in [1.54, 1.807) is 0 Å². The third-order valence-electron chi connectivity index (χ3n) is 2.07. The van der Waals surface area contributed by atoms with Gasteiger partial charge in [-0.05, 0) is 48.9 Å². The summed E-state index contributed by atoms with van der Waals surface area (Å²) in [5, 5.41) is 5.65. The highest BCUT2D eigenvalue weighted by Gasteiger charge is 1.99. The van der Waals surface area contributed by atoms with Crippen LogP contribution in [0, 0.1) is 5.92 Å². The topological polar surface area (TPSA) is 12.0 Å². The summed E-state index contributed by atoms with van der Waals surface area (Å²) in [5.41, 5.74) is 0. The highest BCUT2D eigenvalue weighted by Crippen LogP contribution is 2.08. The van der Waals surface area contributed by atoms with Gasteiger partial charge in [-0.1, -0.05) is 13.0 Å². The lowest BCUT2D eigenvalue weighted by atomic mass is 10.2. The van der Waals surface area contributed by atoms with Gasteiger partial charge in [-0.3, -0.25) is 0 Å². The first-order chi connectivity index (χ1) is 6.83. The molecule has 1 nitrogen and oxygen atoms in total. The standard InChI is InChI=1S/C11H19NS2/c1-10(9-13-2)8-12-6-5-11-4-3-7-14-11/h3-4,7,10,12H,5-6,8-9H2,1-2H3. The molecule has 0 bridgehead atoms. The second-order valence-electron chi connectivity index (χ2n) is 3.59. The van der Waals surface area contributed by atoms with Gasteiger partial charge >= 0.3 is 0 Å². The quantitative estimate of drug-likeness (QED) is 0.722. The van der Waals surface area contributed by atoms with Crippen molar-refractivity contribution in [1.29, 1.82) is 0 Å². The predicted molar refractivity (Wildman–Crippen MR) is 68.4 cm³/mol. The smallest absolute Gasteiger partial charge is 0.00578 e. The Morgan fingerprint density at radius 3 is 3.07 bits per heavy atom. The molecule has 0 amide bonds. The lowest BCUT2D eigenvalue weighted by Gasteiger charge is -2.10. The summed E-state index contributed by atoms with van der Waals surface area (Å²) in [6.45, 7) is 4.56. The van der Waals surface area contributed by atoms with E-state index in [-0.39, 0.29) is 0 Å². The van der Waals surface area contributed by atoms with Crippen molar-refractivity contribution in [2.75, 3.05) is 25.1 Å². The van der Waals surface area contributed by atoms with E-state index < -0.39 is 0 Å². The summed E-state index contributed by atoms with van der Waals surface area (Å²) in [7, 11) is 0. The Kier molecular flexibility index (Phi) is 6.32. The fraction of sp³-hybridized carbons (Fsp3) is 0.636. The molecule has 0 saturated carbocycles. The van der Waals surface area contributed by atoms with Crippen molar-refractivity contribution in [2.24, 2.45) is 5.92 Å². The summed E-state index contributed by atoms with van der Waals surface area (Å²) >= 11 is 3.78. The summed E-state index contributed by atoms with van der Waals surface area (Å²) in [4.78, 5) is 1.48. The highest BCUT2D eigenvalue weighted by molar-refractivity contribution is 7.98. The van der Waals surface area contributed by atoms with Crippen LogP contribution in [0.5, 0.6) is 0 Å². The Bertz CT molecular complexity index is 221. The molecule has 1 N–H and O–H groups in total. The Balaban J connectivity index is 1.99. The molecule has 1 heterocycles. The number of hydrogen-bond donors (Lipinski definition) is 1. The zero-order chi connectivity index (χ0) is 10.2. The fourth-order valence-corrected chi connectivity index (χ4v) is 2.75. The number of hydrogen-bond acceptors (Lipinski definition) is 3. The molecule has 0 fully saturated rings. The largest absolute Gasteiger partial charge is 0.316 e. The Labute approximate surface area is 95.3 Å². The van der Waals surface area contributed by atoms with Crippen molar-refractivity contribution in [3.8, 4) is 0 Å². The van der Waals surface area contributed by atoms with E-state index in [1.807, 2.05) is 23.1 Å². The van der Waals surface area contributed by atoms with Crippen LogP contribution in [0.3, 0.4) is 0 Å². The average Bonchev–Trinajstić information content (AvgIpc) is 2.65.